The summed E-state index contributed by atoms with van der Waals surface area (Å²) in [5, 5.41) is 11.9. The van der Waals surface area contributed by atoms with Crippen LogP contribution in [0.25, 0.3) is 10.6 Å². The predicted octanol–water partition coefficient (Wildman–Crippen LogP) is 5.03. The molecule has 13 heteroatoms. The highest BCUT2D eigenvalue weighted by atomic mass is 35.5. The van der Waals surface area contributed by atoms with Crippen LogP contribution in [0.15, 0.2) is 65.6 Å². The molecule has 0 bridgehead atoms. The molecule has 0 fully saturated rings. The molecule has 0 saturated carbocycles. The third-order valence-electron chi connectivity index (χ3n) is 5.61. The molecule has 10 nitrogen and oxygen atoms in total. The van der Waals surface area contributed by atoms with Gasteiger partial charge >= 0.3 is 0 Å². The minimum absolute atomic E-state index is 0.0764. The number of halogens is 1. The first-order valence-electron chi connectivity index (χ1n) is 11.4. The Balaban J connectivity index is 1.68. The summed E-state index contributed by atoms with van der Waals surface area (Å²) in [7, 11) is -0.0969. The van der Waals surface area contributed by atoms with E-state index in [-0.39, 0.29) is 32.2 Å². The molecule has 0 atom stereocenters. The lowest BCUT2D eigenvalue weighted by Crippen LogP contribution is -2.38. The first kappa shape index (κ1) is 28.1. The normalized spacial score (nSPS) is 11.1. The monoisotopic (exact) mass is 588 g/mol. The zero-order chi connectivity index (χ0) is 28.2. The maximum absolute atomic E-state index is 13.9. The summed E-state index contributed by atoms with van der Waals surface area (Å²) in [5.41, 5.74) is 2.02. The Hall–Kier alpha value is -3.87. The number of hydrogen-bond acceptors (Lipinski definition) is 9. The van der Waals surface area contributed by atoms with Crippen LogP contribution in [-0.4, -0.2) is 52.4 Å². The Kier molecular flexibility index (Phi) is 8.58. The number of carbonyl (C=O) groups is 1. The zero-order valence-electron chi connectivity index (χ0n) is 21.5. The molecule has 0 saturated heterocycles. The van der Waals surface area contributed by atoms with E-state index < -0.39 is 22.5 Å². The fraction of sp³-hybridized carbons (Fsp3) is 0.192. The summed E-state index contributed by atoms with van der Waals surface area (Å²) in [4.78, 5) is 13.0. The molecule has 4 rings (SSSR count). The highest BCUT2D eigenvalue weighted by Crippen LogP contribution is 2.37. The van der Waals surface area contributed by atoms with Crippen molar-refractivity contribution < 1.29 is 27.4 Å². The predicted molar refractivity (Wildman–Crippen MR) is 151 cm³/mol. The van der Waals surface area contributed by atoms with E-state index in [9.17, 15) is 13.2 Å². The quantitative estimate of drug-likeness (QED) is 0.274. The average molecular weight is 589 g/mol. The molecule has 1 heterocycles. The lowest BCUT2D eigenvalue weighted by molar-refractivity contribution is -0.114. The van der Waals surface area contributed by atoms with Gasteiger partial charge in [-0.05, 0) is 37.3 Å². The summed E-state index contributed by atoms with van der Waals surface area (Å²) < 4.78 is 44.6. The Morgan fingerprint density at radius 3 is 2.26 bits per heavy atom. The highest BCUT2D eigenvalue weighted by Gasteiger charge is 2.31. The van der Waals surface area contributed by atoms with E-state index in [1.165, 1.54) is 63.0 Å². The van der Waals surface area contributed by atoms with Gasteiger partial charge in [-0.25, -0.2) is 8.42 Å². The number of methoxy groups -OCH3 is 3. The van der Waals surface area contributed by atoms with Gasteiger partial charge in [-0.2, -0.15) is 0 Å². The smallest absolute Gasteiger partial charge is 0.265 e. The van der Waals surface area contributed by atoms with Crippen molar-refractivity contribution in [2.75, 3.05) is 37.5 Å². The van der Waals surface area contributed by atoms with Gasteiger partial charge in [-0.1, -0.05) is 52.8 Å². The number of aryl methyl sites for hydroxylation is 1. The van der Waals surface area contributed by atoms with E-state index in [2.05, 4.69) is 15.5 Å². The van der Waals surface area contributed by atoms with Crippen molar-refractivity contribution in [3.8, 4) is 27.8 Å². The van der Waals surface area contributed by atoms with E-state index in [4.69, 9.17) is 25.8 Å². The number of benzene rings is 3. The van der Waals surface area contributed by atoms with Crippen LogP contribution in [0.3, 0.4) is 0 Å². The van der Waals surface area contributed by atoms with Crippen LogP contribution in [-0.2, 0) is 14.8 Å². The third-order valence-corrected chi connectivity index (χ3v) is 8.49. The summed E-state index contributed by atoms with van der Waals surface area (Å²) in [6.07, 6.45) is 0. The van der Waals surface area contributed by atoms with Crippen molar-refractivity contribution in [1.29, 1.82) is 0 Å². The molecule has 0 aliphatic rings. The Labute approximate surface area is 235 Å². The molecular formula is C26H25ClN4O6S2. The second-order valence-corrected chi connectivity index (χ2v) is 11.4. The summed E-state index contributed by atoms with van der Waals surface area (Å²) in [5.74, 6) is 0.113. The minimum Gasteiger partial charge on any atom is -0.495 e. The van der Waals surface area contributed by atoms with Crippen molar-refractivity contribution in [2.24, 2.45) is 0 Å². The van der Waals surface area contributed by atoms with Crippen LogP contribution in [0, 0.1) is 6.92 Å². The van der Waals surface area contributed by atoms with Crippen molar-refractivity contribution >= 4 is 49.7 Å². The molecule has 0 radical (unpaired) electrons. The van der Waals surface area contributed by atoms with Gasteiger partial charge in [0, 0.05) is 16.7 Å². The zero-order valence-corrected chi connectivity index (χ0v) is 23.9. The standard InChI is InChI=1S/C26H25ClN4O6S2/c1-16-5-7-17(8-6-16)25-29-30-26(38-25)28-24(32)15-31(20-13-18(27)9-11-21(20)35-2)39(33,34)19-10-12-22(36-3)23(14-19)37-4/h5-14H,15H2,1-4H3,(H,28,30,32). The number of sulfonamides is 1. The molecule has 204 valence electrons. The molecule has 1 N–H and O–H groups in total. The van der Waals surface area contributed by atoms with Crippen LogP contribution < -0.4 is 23.8 Å². The van der Waals surface area contributed by atoms with Gasteiger partial charge < -0.3 is 14.2 Å². The Morgan fingerprint density at radius 1 is 0.923 bits per heavy atom. The van der Waals surface area contributed by atoms with E-state index in [0.717, 1.165) is 15.4 Å². The third kappa shape index (κ3) is 6.24. The molecule has 0 aliphatic carbocycles. The average Bonchev–Trinajstić information content (AvgIpc) is 3.39. The maximum atomic E-state index is 13.9. The molecule has 1 amide bonds. The van der Waals surface area contributed by atoms with Gasteiger partial charge in [-0.3, -0.25) is 14.4 Å². The molecule has 0 unspecified atom stereocenters. The number of nitrogens with one attached hydrogen (secondary N) is 1. The van der Waals surface area contributed by atoms with Crippen LogP contribution in [0.2, 0.25) is 5.02 Å². The minimum atomic E-state index is -4.32. The van der Waals surface area contributed by atoms with Crippen LogP contribution in [0.4, 0.5) is 10.8 Å². The van der Waals surface area contributed by atoms with Crippen molar-refractivity contribution in [2.45, 2.75) is 11.8 Å². The van der Waals surface area contributed by atoms with Gasteiger partial charge in [0.05, 0.1) is 31.9 Å². The van der Waals surface area contributed by atoms with E-state index in [0.29, 0.717) is 10.8 Å². The number of aromatic nitrogens is 2. The highest BCUT2D eigenvalue weighted by molar-refractivity contribution is 7.92. The second kappa shape index (κ2) is 11.9. The van der Waals surface area contributed by atoms with Crippen molar-refractivity contribution in [3.05, 3.63) is 71.2 Å². The van der Waals surface area contributed by atoms with Gasteiger partial charge in [0.1, 0.15) is 17.3 Å². The van der Waals surface area contributed by atoms with E-state index in [1.807, 2.05) is 31.2 Å². The van der Waals surface area contributed by atoms with Gasteiger partial charge in [0.2, 0.25) is 11.0 Å². The molecule has 39 heavy (non-hydrogen) atoms. The van der Waals surface area contributed by atoms with Crippen molar-refractivity contribution in [1.82, 2.24) is 10.2 Å². The molecule has 1 aromatic heterocycles. The van der Waals surface area contributed by atoms with Crippen molar-refractivity contribution in [3.63, 3.8) is 0 Å². The maximum Gasteiger partial charge on any atom is 0.265 e. The molecule has 4 aromatic rings. The molecule has 0 aliphatic heterocycles. The number of hydrogen-bond donors (Lipinski definition) is 1. The number of carbonyl (C=O) groups excluding carboxylic acids is 1. The summed E-state index contributed by atoms with van der Waals surface area (Å²) >= 11 is 7.38. The molecule has 3 aromatic carbocycles. The second-order valence-electron chi connectivity index (χ2n) is 8.17. The Morgan fingerprint density at radius 2 is 1.59 bits per heavy atom. The fourth-order valence-corrected chi connectivity index (χ4v) is 6.01. The number of ether oxygens (including phenoxy) is 3. The first-order valence-corrected chi connectivity index (χ1v) is 14.1. The van der Waals surface area contributed by atoms with Gasteiger partial charge in [0.25, 0.3) is 10.0 Å². The van der Waals surface area contributed by atoms with Gasteiger partial charge in [-0.15, -0.1) is 10.2 Å². The summed E-state index contributed by atoms with van der Waals surface area (Å²) in [6, 6.07) is 16.3. The van der Waals surface area contributed by atoms with E-state index >= 15 is 0 Å². The molecular weight excluding hydrogens is 564 g/mol. The van der Waals surface area contributed by atoms with Gasteiger partial charge in [0.15, 0.2) is 11.5 Å². The largest absolute Gasteiger partial charge is 0.495 e. The van der Waals surface area contributed by atoms with E-state index in [1.54, 1.807) is 6.07 Å². The van der Waals surface area contributed by atoms with Crippen LogP contribution in [0.1, 0.15) is 5.56 Å². The number of rotatable bonds is 10. The summed E-state index contributed by atoms with van der Waals surface area (Å²) in [6.45, 7) is 1.37. The fourth-order valence-electron chi connectivity index (χ4n) is 3.64. The number of anilines is 2. The number of nitrogens with zero attached hydrogens (tertiary/aromatic N) is 3. The lowest BCUT2D eigenvalue weighted by atomic mass is 10.2. The lowest BCUT2D eigenvalue weighted by Gasteiger charge is -2.26. The first-order chi connectivity index (χ1) is 18.7. The van der Waals surface area contributed by atoms with Crippen LogP contribution >= 0.6 is 22.9 Å². The molecule has 0 spiro atoms. The number of amides is 1. The topological polar surface area (TPSA) is 120 Å². The van der Waals surface area contributed by atoms with Crippen LogP contribution in [0.5, 0.6) is 17.2 Å². The Bertz CT molecular complexity index is 1590. The SMILES string of the molecule is COc1ccc(S(=O)(=O)N(CC(=O)Nc2nnc(-c3ccc(C)cc3)s2)c2cc(Cl)ccc2OC)cc1OC.